The zero-order valence-corrected chi connectivity index (χ0v) is 28.4. The first kappa shape index (κ1) is 30.0. The van der Waals surface area contributed by atoms with Gasteiger partial charge in [0.15, 0.2) is 0 Å². The van der Waals surface area contributed by atoms with Gasteiger partial charge in [0.2, 0.25) is 0 Å². The molecule has 0 aliphatic heterocycles. The van der Waals surface area contributed by atoms with Gasteiger partial charge in [0.25, 0.3) is 0 Å². The fraction of sp³-hybridized carbons (Fsp3) is 0. The first-order chi connectivity index (χ1) is 25.8. The molecule has 0 fully saturated rings. The van der Waals surface area contributed by atoms with Gasteiger partial charge in [-0.2, -0.15) is 0 Å². The fourth-order valence-corrected chi connectivity index (χ4v) is 7.66. The molecule has 52 heavy (non-hydrogen) atoms. The van der Waals surface area contributed by atoms with Gasteiger partial charge in [-0.15, -0.1) is 0 Å². The molecule has 0 saturated carbocycles. The van der Waals surface area contributed by atoms with Crippen molar-refractivity contribution in [3.05, 3.63) is 200 Å². The molecule has 1 aromatic heterocycles. The van der Waals surface area contributed by atoms with Crippen LogP contribution in [-0.4, -0.2) is 0 Å². The van der Waals surface area contributed by atoms with Gasteiger partial charge in [-0.25, -0.2) is 0 Å². The van der Waals surface area contributed by atoms with Gasteiger partial charge in [0.1, 0.15) is 11.2 Å². The highest BCUT2D eigenvalue weighted by Gasteiger charge is 2.18. The summed E-state index contributed by atoms with van der Waals surface area (Å²) in [6.07, 6.45) is 0. The van der Waals surface area contributed by atoms with E-state index in [2.05, 4.69) is 193 Å². The van der Waals surface area contributed by atoms with Crippen LogP contribution in [0.25, 0.3) is 76.9 Å². The number of rotatable bonds is 6. The fourth-order valence-electron chi connectivity index (χ4n) is 7.66. The lowest BCUT2D eigenvalue weighted by molar-refractivity contribution is 0.669. The SMILES string of the molecule is c1ccc(-c2ccc(N(c3ccc(-c4ccc5cc6oc7ccccc7c6cc5c4)cc3)c3ccc(-c4ccccc4)c4ccccc34)cc2)cc1. The Kier molecular flexibility index (Phi) is 7.18. The standard InChI is InChI=1S/C50H33NO/c1-3-11-34(12-4-1)35-21-25-41(26-22-35)51(48-30-29-43(37-13-5-2-6-14-37)44-15-7-8-16-45(44)48)42-27-23-36(24-28-42)38-19-20-39-33-50-47(32-40(39)31-38)46-17-9-10-18-49(46)52-50/h1-33H. The lowest BCUT2D eigenvalue weighted by Crippen LogP contribution is -2.10. The van der Waals surface area contributed by atoms with Crippen LogP contribution in [0, 0.1) is 0 Å². The van der Waals surface area contributed by atoms with Crippen molar-refractivity contribution in [3.8, 4) is 33.4 Å². The van der Waals surface area contributed by atoms with Crippen molar-refractivity contribution in [1.82, 2.24) is 0 Å². The molecule has 0 radical (unpaired) electrons. The maximum absolute atomic E-state index is 6.16. The van der Waals surface area contributed by atoms with E-state index in [9.17, 15) is 0 Å². The largest absolute Gasteiger partial charge is 0.456 e. The van der Waals surface area contributed by atoms with Gasteiger partial charge < -0.3 is 9.32 Å². The van der Waals surface area contributed by atoms with E-state index in [-0.39, 0.29) is 0 Å². The molecule has 2 nitrogen and oxygen atoms in total. The number of furan rings is 1. The molecular formula is C50H33NO. The highest BCUT2D eigenvalue weighted by molar-refractivity contribution is 6.10. The van der Waals surface area contributed by atoms with E-state index < -0.39 is 0 Å². The molecule has 1 heterocycles. The number of nitrogens with zero attached hydrogens (tertiary/aromatic N) is 1. The molecule has 0 aliphatic carbocycles. The molecule has 10 rings (SSSR count). The second-order valence-corrected chi connectivity index (χ2v) is 13.3. The van der Waals surface area contributed by atoms with Crippen molar-refractivity contribution < 1.29 is 4.42 Å². The van der Waals surface area contributed by atoms with Crippen molar-refractivity contribution in [2.75, 3.05) is 4.90 Å². The van der Waals surface area contributed by atoms with Crippen LogP contribution in [0.5, 0.6) is 0 Å². The van der Waals surface area contributed by atoms with Gasteiger partial charge in [-0.3, -0.25) is 0 Å². The van der Waals surface area contributed by atoms with E-state index >= 15 is 0 Å². The Morgan fingerprint density at radius 3 is 1.58 bits per heavy atom. The summed E-state index contributed by atoms with van der Waals surface area (Å²) in [6, 6.07) is 71.8. The molecule has 10 aromatic rings. The third-order valence-electron chi connectivity index (χ3n) is 10.3. The normalized spacial score (nSPS) is 11.5. The number of hydrogen-bond acceptors (Lipinski definition) is 2. The van der Waals surface area contributed by atoms with Crippen molar-refractivity contribution in [2.24, 2.45) is 0 Å². The van der Waals surface area contributed by atoms with E-state index in [0.717, 1.165) is 39.0 Å². The summed E-state index contributed by atoms with van der Waals surface area (Å²) in [7, 11) is 0. The smallest absolute Gasteiger partial charge is 0.136 e. The first-order valence-electron chi connectivity index (χ1n) is 17.8. The summed E-state index contributed by atoms with van der Waals surface area (Å²) in [6.45, 7) is 0. The second-order valence-electron chi connectivity index (χ2n) is 13.3. The Morgan fingerprint density at radius 1 is 0.308 bits per heavy atom. The summed E-state index contributed by atoms with van der Waals surface area (Å²) in [4.78, 5) is 2.39. The van der Waals surface area contributed by atoms with Gasteiger partial charge in [0.05, 0.1) is 5.69 Å². The Labute approximate surface area is 302 Å². The molecule has 2 heteroatoms. The van der Waals surface area contributed by atoms with Crippen LogP contribution in [0.4, 0.5) is 17.1 Å². The Hall–Kier alpha value is -6.90. The Morgan fingerprint density at radius 2 is 0.865 bits per heavy atom. The van der Waals surface area contributed by atoms with E-state index in [4.69, 9.17) is 4.42 Å². The molecule has 0 N–H and O–H groups in total. The Bertz CT molecular complexity index is 2870. The molecule has 0 saturated heterocycles. The van der Waals surface area contributed by atoms with Gasteiger partial charge in [0, 0.05) is 27.5 Å². The predicted octanol–water partition coefficient (Wildman–Crippen LogP) is 14.4. The minimum Gasteiger partial charge on any atom is -0.456 e. The lowest BCUT2D eigenvalue weighted by Gasteiger charge is -2.28. The number of fused-ring (bicyclic) bond motifs is 5. The number of anilines is 3. The van der Waals surface area contributed by atoms with Crippen LogP contribution in [0.1, 0.15) is 0 Å². The Balaban J connectivity index is 1.08. The minimum atomic E-state index is 0.922. The number of para-hydroxylation sites is 1. The minimum absolute atomic E-state index is 0.922. The third-order valence-corrected chi connectivity index (χ3v) is 10.3. The molecule has 0 bridgehead atoms. The maximum Gasteiger partial charge on any atom is 0.136 e. The summed E-state index contributed by atoms with van der Waals surface area (Å²) < 4.78 is 6.16. The highest BCUT2D eigenvalue weighted by atomic mass is 16.3. The highest BCUT2D eigenvalue weighted by Crippen LogP contribution is 2.43. The quantitative estimate of drug-likeness (QED) is 0.176. The summed E-state index contributed by atoms with van der Waals surface area (Å²) in [5.74, 6) is 0. The topological polar surface area (TPSA) is 16.4 Å². The summed E-state index contributed by atoms with van der Waals surface area (Å²) in [5, 5.41) is 7.09. The number of benzene rings is 9. The molecule has 244 valence electrons. The second kappa shape index (κ2) is 12.5. The molecule has 0 amide bonds. The van der Waals surface area contributed by atoms with Crippen LogP contribution in [0.2, 0.25) is 0 Å². The van der Waals surface area contributed by atoms with Gasteiger partial charge in [-0.05, 0) is 104 Å². The molecule has 9 aromatic carbocycles. The zero-order valence-electron chi connectivity index (χ0n) is 28.4. The predicted molar refractivity (Wildman–Crippen MR) is 220 cm³/mol. The van der Waals surface area contributed by atoms with E-state index in [0.29, 0.717) is 0 Å². The monoisotopic (exact) mass is 663 g/mol. The van der Waals surface area contributed by atoms with E-state index in [1.165, 1.54) is 54.9 Å². The molecule has 0 spiro atoms. The zero-order chi connectivity index (χ0) is 34.4. The van der Waals surface area contributed by atoms with Crippen LogP contribution in [-0.2, 0) is 0 Å². The van der Waals surface area contributed by atoms with Crippen LogP contribution < -0.4 is 4.90 Å². The average Bonchev–Trinajstić information content (AvgIpc) is 3.58. The van der Waals surface area contributed by atoms with Crippen LogP contribution in [0.15, 0.2) is 205 Å². The molecular weight excluding hydrogens is 631 g/mol. The first-order valence-corrected chi connectivity index (χ1v) is 17.8. The number of hydrogen-bond donors (Lipinski definition) is 0. The van der Waals surface area contributed by atoms with Gasteiger partial charge in [-0.1, -0.05) is 146 Å². The molecule has 0 atom stereocenters. The van der Waals surface area contributed by atoms with Crippen molar-refractivity contribution in [2.45, 2.75) is 0 Å². The average molecular weight is 664 g/mol. The van der Waals surface area contributed by atoms with Gasteiger partial charge >= 0.3 is 0 Å². The summed E-state index contributed by atoms with van der Waals surface area (Å²) >= 11 is 0. The maximum atomic E-state index is 6.16. The molecule has 0 unspecified atom stereocenters. The molecule has 0 aliphatic rings. The van der Waals surface area contributed by atoms with E-state index in [1.807, 2.05) is 12.1 Å². The summed E-state index contributed by atoms with van der Waals surface area (Å²) in [5.41, 5.74) is 12.4. The van der Waals surface area contributed by atoms with Crippen LogP contribution in [0.3, 0.4) is 0 Å². The van der Waals surface area contributed by atoms with E-state index in [1.54, 1.807) is 0 Å². The third kappa shape index (κ3) is 5.21. The van der Waals surface area contributed by atoms with Crippen LogP contribution >= 0.6 is 0 Å². The lowest BCUT2D eigenvalue weighted by atomic mass is 9.96. The van der Waals surface area contributed by atoms with Crippen molar-refractivity contribution in [1.29, 1.82) is 0 Å². The van der Waals surface area contributed by atoms with Crippen molar-refractivity contribution >= 4 is 60.5 Å². The van der Waals surface area contributed by atoms with Crippen molar-refractivity contribution in [3.63, 3.8) is 0 Å².